The quantitative estimate of drug-likeness (QED) is 0.697. The molecular formula is C13H20N6O2. The van der Waals surface area contributed by atoms with Crippen LogP contribution in [0.1, 0.15) is 19.8 Å². The minimum Gasteiger partial charge on any atom is -0.461 e. The molecule has 0 saturated heterocycles. The molecule has 0 spiro atoms. The summed E-state index contributed by atoms with van der Waals surface area (Å²) in [6.07, 6.45) is 5.59. The lowest BCUT2D eigenvalue weighted by molar-refractivity contribution is 0.0947. The number of hydrogen-bond acceptors (Lipinski definition) is 7. The molecule has 0 unspecified atom stereocenters. The number of rotatable bonds is 9. The highest BCUT2D eigenvalue weighted by Gasteiger charge is 2.08. The third-order valence-corrected chi connectivity index (χ3v) is 2.64. The SMILES string of the molecule is CCCCOCCOc1nc(NC)nc(-n2cccn2)n1. The van der Waals surface area contributed by atoms with Crippen LogP contribution in [0.3, 0.4) is 0 Å². The van der Waals surface area contributed by atoms with E-state index in [2.05, 4.69) is 32.3 Å². The Labute approximate surface area is 123 Å². The van der Waals surface area contributed by atoms with Crippen LogP contribution in [0.5, 0.6) is 6.01 Å². The van der Waals surface area contributed by atoms with Crippen molar-refractivity contribution in [2.45, 2.75) is 19.8 Å². The van der Waals surface area contributed by atoms with Crippen LogP contribution in [0.2, 0.25) is 0 Å². The number of nitrogens with zero attached hydrogens (tertiary/aromatic N) is 5. The first-order chi connectivity index (χ1) is 10.3. The number of ether oxygens (including phenoxy) is 2. The summed E-state index contributed by atoms with van der Waals surface area (Å²) >= 11 is 0. The van der Waals surface area contributed by atoms with Gasteiger partial charge in [-0.25, -0.2) is 4.68 Å². The van der Waals surface area contributed by atoms with Gasteiger partial charge in [0.25, 0.3) is 5.95 Å². The predicted molar refractivity (Wildman–Crippen MR) is 77.7 cm³/mol. The number of aromatic nitrogens is 5. The van der Waals surface area contributed by atoms with E-state index in [1.807, 2.05) is 0 Å². The van der Waals surface area contributed by atoms with Gasteiger partial charge in [-0.15, -0.1) is 0 Å². The zero-order valence-electron chi connectivity index (χ0n) is 12.3. The molecule has 0 bridgehead atoms. The summed E-state index contributed by atoms with van der Waals surface area (Å²) in [5.41, 5.74) is 0. The summed E-state index contributed by atoms with van der Waals surface area (Å²) in [5, 5.41) is 6.96. The molecule has 8 nitrogen and oxygen atoms in total. The molecule has 0 aliphatic carbocycles. The Balaban J connectivity index is 1.94. The summed E-state index contributed by atoms with van der Waals surface area (Å²) < 4.78 is 12.5. The van der Waals surface area contributed by atoms with Crippen molar-refractivity contribution in [2.24, 2.45) is 0 Å². The maximum Gasteiger partial charge on any atom is 0.323 e. The Kier molecular flexibility index (Phi) is 5.89. The fraction of sp³-hybridized carbons (Fsp3) is 0.538. The molecule has 8 heteroatoms. The maximum atomic E-state index is 5.50. The second kappa shape index (κ2) is 8.15. The minimum absolute atomic E-state index is 0.249. The average Bonchev–Trinajstić information content (AvgIpc) is 3.05. The van der Waals surface area contributed by atoms with Crippen LogP contribution in [0.15, 0.2) is 18.5 Å². The highest BCUT2D eigenvalue weighted by molar-refractivity contribution is 5.28. The molecule has 0 fully saturated rings. The van der Waals surface area contributed by atoms with Gasteiger partial charge in [-0.3, -0.25) is 0 Å². The van der Waals surface area contributed by atoms with Crippen LogP contribution in [0.4, 0.5) is 5.95 Å². The molecule has 2 rings (SSSR count). The van der Waals surface area contributed by atoms with E-state index >= 15 is 0 Å². The van der Waals surface area contributed by atoms with E-state index in [-0.39, 0.29) is 6.01 Å². The van der Waals surface area contributed by atoms with Gasteiger partial charge < -0.3 is 14.8 Å². The third kappa shape index (κ3) is 4.67. The lowest BCUT2D eigenvalue weighted by Gasteiger charge is -2.08. The molecule has 0 atom stereocenters. The van der Waals surface area contributed by atoms with Gasteiger partial charge >= 0.3 is 6.01 Å². The Morgan fingerprint density at radius 3 is 2.81 bits per heavy atom. The fourth-order valence-electron chi connectivity index (χ4n) is 1.55. The molecule has 114 valence electrons. The van der Waals surface area contributed by atoms with E-state index in [1.165, 1.54) is 0 Å². The second-order valence-corrected chi connectivity index (χ2v) is 4.26. The van der Waals surface area contributed by atoms with Crippen molar-refractivity contribution in [3.8, 4) is 12.0 Å². The fourth-order valence-corrected chi connectivity index (χ4v) is 1.55. The highest BCUT2D eigenvalue weighted by atomic mass is 16.5. The molecule has 0 aromatic carbocycles. The first-order valence-corrected chi connectivity index (χ1v) is 6.98. The second-order valence-electron chi connectivity index (χ2n) is 4.26. The molecule has 2 aromatic heterocycles. The zero-order valence-corrected chi connectivity index (χ0v) is 12.3. The molecule has 0 aliphatic rings. The van der Waals surface area contributed by atoms with E-state index < -0.39 is 0 Å². The van der Waals surface area contributed by atoms with Gasteiger partial charge in [0.05, 0.1) is 6.61 Å². The monoisotopic (exact) mass is 292 g/mol. The van der Waals surface area contributed by atoms with Gasteiger partial charge in [0.15, 0.2) is 0 Å². The molecule has 21 heavy (non-hydrogen) atoms. The number of nitrogens with one attached hydrogen (secondary N) is 1. The van der Waals surface area contributed by atoms with Gasteiger partial charge in [-0.05, 0) is 12.5 Å². The van der Waals surface area contributed by atoms with Crippen molar-refractivity contribution in [3.63, 3.8) is 0 Å². The van der Waals surface area contributed by atoms with Crippen LogP contribution in [-0.2, 0) is 4.74 Å². The van der Waals surface area contributed by atoms with Gasteiger partial charge in [0, 0.05) is 26.0 Å². The molecular weight excluding hydrogens is 272 g/mol. The summed E-state index contributed by atoms with van der Waals surface area (Å²) in [7, 11) is 1.74. The van der Waals surface area contributed by atoms with Crippen LogP contribution < -0.4 is 10.1 Å². The summed E-state index contributed by atoms with van der Waals surface area (Å²) in [5.74, 6) is 0.832. The van der Waals surface area contributed by atoms with Crippen molar-refractivity contribution in [1.29, 1.82) is 0 Å². The molecule has 0 amide bonds. The normalized spacial score (nSPS) is 10.6. The van der Waals surface area contributed by atoms with Crippen molar-refractivity contribution < 1.29 is 9.47 Å². The van der Waals surface area contributed by atoms with Crippen LogP contribution in [0.25, 0.3) is 5.95 Å². The summed E-state index contributed by atoms with van der Waals surface area (Å²) in [6, 6.07) is 2.05. The summed E-state index contributed by atoms with van der Waals surface area (Å²) in [4.78, 5) is 12.6. The number of hydrogen-bond donors (Lipinski definition) is 1. The van der Waals surface area contributed by atoms with Gasteiger partial charge in [-0.1, -0.05) is 13.3 Å². The van der Waals surface area contributed by atoms with Crippen LogP contribution >= 0.6 is 0 Å². The Morgan fingerprint density at radius 1 is 1.19 bits per heavy atom. The van der Waals surface area contributed by atoms with Crippen molar-refractivity contribution in [2.75, 3.05) is 32.2 Å². The van der Waals surface area contributed by atoms with E-state index in [0.717, 1.165) is 19.4 Å². The lowest BCUT2D eigenvalue weighted by atomic mass is 10.4. The average molecular weight is 292 g/mol. The van der Waals surface area contributed by atoms with Gasteiger partial charge in [0.2, 0.25) is 5.95 Å². The Morgan fingerprint density at radius 2 is 2.10 bits per heavy atom. The predicted octanol–water partition coefficient (Wildman–Crippen LogP) is 1.29. The number of anilines is 1. The van der Waals surface area contributed by atoms with Crippen LogP contribution in [0, 0.1) is 0 Å². The smallest absolute Gasteiger partial charge is 0.323 e. The zero-order chi connectivity index (χ0) is 14.9. The molecule has 1 N–H and O–H groups in total. The molecule has 2 heterocycles. The van der Waals surface area contributed by atoms with Crippen molar-refractivity contribution in [1.82, 2.24) is 24.7 Å². The molecule has 2 aromatic rings. The van der Waals surface area contributed by atoms with E-state index in [9.17, 15) is 0 Å². The Bertz CT molecular complexity index is 531. The maximum absolute atomic E-state index is 5.50. The van der Waals surface area contributed by atoms with Crippen molar-refractivity contribution in [3.05, 3.63) is 18.5 Å². The summed E-state index contributed by atoms with van der Waals surface area (Å²) in [6.45, 7) is 3.78. The van der Waals surface area contributed by atoms with Crippen molar-refractivity contribution >= 4 is 5.95 Å². The molecule has 0 saturated carbocycles. The van der Waals surface area contributed by atoms with Gasteiger partial charge in [-0.2, -0.15) is 20.1 Å². The number of unbranched alkanes of at least 4 members (excludes halogenated alkanes) is 1. The minimum atomic E-state index is 0.249. The standard InChI is InChI=1S/C13H20N6O2/c1-3-4-8-20-9-10-21-13-17-11(14-2)16-12(18-13)19-7-5-6-15-19/h5-7H,3-4,8-10H2,1-2H3,(H,14,16,17,18). The lowest BCUT2D eigenvalue weighted by Crippen LogP contribution is -2.12. The highest BCUT2D eigenvalue weighted by Crippen LogP contribution is 2.10. The third-order valence-electron chi connectivity index (χ3n) is 2.64. The molecule has 0 radical (unpaired) electrons. The molecule has 0 aliphatic heterocycles. The van der Waals surface area contributed by atoms with E-state index in [0.29, 0.717) is 25.1 Å². The Hall–Kier alpha value is -2.22. The van der Waals surface area contributed by atoms with E-state index in [1.54, 1.807) is 30.2 Å². The topological polar surface area (TPSA) is 87.0 Å². The van der Waals surface area contributed by atoms with Crippen LogP contribution in [-0.4, -0.2) is 51.6 Å². The van der Waals surface area contributed by atoms with Gasteiger partial charge in [0.1, 0.15) is 6.61 Å². The largest absolute Gasteiger partial charge is 0.461 e. The first-order valence-electron chi connectivity index (χ1n) is 6.98. The first kappa shape index (κ1) is 15.2. The van der Waals surface area contributed by atoms with E-state index in [4.69, 9.17) is 9.47 Å².